The molecule has 0 fully saturated rings. The van der Waals surface area contributed by atoms with Crippen LogP contribution in [0, 0.1) is 0 Å². The Morgan fingerprint density at radius 1 is 1.00 bits per heavy atom. The van der Waals surface area contributed by atoms with Crippen LogP contribution in [0.15, 0.2) is 0 Å². The van der Waals surface area contributed by atoms with Crippen molar-refractivity contribution in [3.63, 3.8) is 0 Å². The quantitative estimate of drug-likeness (QED) is 0.414. The van der Waals surface area contributed by atoms with Crippen LogP contribution >= 0.6 is 0 Å². The Kier molecular flexibility index (Phi) is 24.6. The van der Waals surface area contributed by atoms with Crippen molar-refractivity contribution in [1.29, 1.82) is 0 Å². The minimum absolute atomic E-state index is 0. The molecule has 0 amide bonds. The van der Waals surface area contributed by atoms with Gasteiger partial charge >= 0.3 is 47.4 Å². The van der Waals surface area contributed by atoms with Gasteiger partial charge in [-0.25, -0.2) is 0 Å². The van der Waals surface area contributed by atoms with Gasteiger partial charge in [-0.15, -0.1) is 0 Å². The summed E-state index contributed by atoms with van der Waals surface area (Å²) in [5, 5.41) is 0. The van der Waals surface area contributed by atoms with E-state index in [1.807, 2.05) is 0 Å². The first-order valence-electron chi connectivity index (χ1n) is 0.548. The van der Waals surface area contributed by atoms with Crippen LogP contribution in [0.1, 0.15) is 0 Å². The SMILES string of the molecule is [NH4+].[O-][As]([O-])[O-].[Zn+2]. The van der Waals surface area contributed by atoms with Crippen molar-refractivity contribution in [2.45, 2.75) is 0 Å². The fourth-order valence-corrected chi connectivity index (χ4v) is 0. The summed E-state index contributed by atoms with van der Waals surface area (Å²) >= 11 is -3.94. The van der Waals surface area contributed by atoms with Crippen molar-refractivity contribution in [2.75, 3.05) is 0 Å². The normalized spacial score (nSPS) is 6.00. The van der Waals surface area contributed by atoms with Crippen molar-refractivity contribution in [2.24, 2.45) is 0 Å². The minimum Gasteiger partial charge on any atom is 2.00 e. The standard InChI is InChI=1S/AsO3.H3N.Zn/c2-1(3)4;;/h;1H3;/q-3;;+2/p+1. The largest absolute Gasteiger partial charge is 2.00 e. The fourth-order valence-electron chi connectivity index (χ4n) is 0. The van der Waals surface area contributed by atoms with Crippen LogP contribution in [-0.4, -0.2) is 15.7 Å². The van der Waals surface area contributed by atoms with Crippen LogP contribution in [0.3, 0.4) is 0 Å². The molecular weight excluding hydrogens is 202 g/mol. The third kappa shape index (κ3) is 77.8. The molecule has 6 heavy (non-hydrogen) atoms. The molecular formula is H4AsNO3Zn. The molecule has 0 heterocycles. The average Bonchev–Trinajstić information content (AvgIpc) is 0.811. The van der Waals surface area contributed by atoms with Crippen LogP contribution in [0.2, 0.25) is 0 Å². The first kappa shape index (κ1) is 15.7. The first-order chi connectivity index (χ1) is 1.73. The summed E-state index contributed by atoms with van der Waals surface area (Å²) in [7, 11) is 0. The molecule has 0 saturated carbocycles. The minimum atomic E-state index is -3.94. The summed E-state index contributed by atoms with van der Waals surface area (Å²) in [4.78, 5) is 0. The van der Waals surface area contributed by atoms with Crippen molar-refractivity contribution < 1.29 is 31.8 Å². The van der Waals surface area contributed by atoms with E-state index < -0.39 is 15.7 Å². The fraction of sp³-hybridized carbons (Fsp3) is 0. The van der Waals surface area contributed by atoms with E-state index in [0.717, 1.165) is 0 Å². The Bertz CT molecular complexity index is 15.5. The predicted octanol–water partition coefficient (Wildman–Crippen LogP) is -3.57. The Hall–Kier alpha value is 1.02. The molecule has 0 aliphatic carbocycles. The molecule has 0 saturated heterocycles. The monoisotopic (exact) mass is 205 g/mol. The van der Waals surface area contributed by atoms with Gasteiger partial charge in [0, 0.05) is 0 Å². The van der Waals surface area contributed by atoms with Crippen LogP contribution in [0.25, 0.3) is 0 Å². The molecule has 0 unspecified atom stereocenters. The second-order valence-corrected chi connectivity index (χ2v) is 1.16. The van der Waals surface area contributed by atoms with Gasteiger partial charge in [0.25, 0.3) is 0 Å². The van der Waals surface area contributed by atoms with Crippen molar-refractivity contribution in [3.05, 3.63) is 0 Å². The summed E-state index contributed by atoms with van der Waals surface area (Å²) < 4.78 is 25.7. The third-order valence-corrected chi connectivity index (χ3v) is 0. The van der Waals surface area contributed by atoms with E-state index in [0.29, 0.717) is 0 Å². The second kappa shape index (κ2) is 9.39. The number of hydrogen-bond donors (Lipinski definition) is 1. The third-order valence-electron chi connectivity index (χ3n) is 0. The predicted molar refractivity (Wildman–Crippen MR) is 11.7 cm³/mol. The van der Waals surface area contributed by atoms with Gasteiger partial charge in [-0.1, -0.05) is 0 Å². The first-order valence-corrected chi connectivity index (χ1v) is 2.85. The number of quaternary nitrogens is 1. The van der Waals surface area contributed by atoms with Gasteiger partial charge in [0.05, 0.1) is 0 Å². The van der Waals surface area contributed by atoms with Crippen LogP contribution in [0.4, 0.5) is 0 Å². The van der Waals surface area contributed by atoms with E-state index in [2.05, 4.69) is 0 Å². The average molecular weight is 206 g/mol. The van der Waals surface area contributed by atoms with Gasteiger partial charge < -0.3 is 6.15 Å². The summed E-state index contributed by atoms with van der Waals surface area (Å²) in [6, 6.07) is 0. The van der Waals surface area contributed by atoms with E-state index in [9.17, 15) is 0 Å². The van der Waals surface area contributed by atoms with E-state index in [-0.39, 0.29) is 25.6 Å². The van der Waals surface area contributed by atoms with E-state index >= 15 is 0 Å². The van der Waals surface area contributed by atoms with E-state index in [1.54, 1.807) is 0 Å². The molecule has 4 nitrogen and oxygen atoms in total. The van der Waals surface area contributed by atoms with Crippen molar-refractivity contribution in [1.82, 2.24) is 6.15 Å². The zero-order valence-electron chi connectivity index (χ0n) is 3.38. The molecule has 0 rings (SSSR count). The van der Waals surface area contributed by atoms with Crippen LogP contribution in [0.5, 0.6) is 0 Å². The Morgan fingerprint density at radius 3 is 1.00 bits per heavy atom. The molecule has 0 spiro atoms. The van der Waals surface area contributed by atoms with Crippen molar-refractivity contribution in [3.8, 4) is 0 Å². The van der Waals surface area contributed by atoms with E-state index in [1.165, 1.54) is 0 Å². The number of hydrogen-bond acceptors (Lipinski definition) is 3. The molecule has 4 N–H and O–H groups in total. The molecule has 0 radical (unpaired) electrons. The maximum Gasteiger partial charge on any atom is 2.00 e. The van der Waals surface area contributed by atoms with Crippen LogP contribution < -0.4 is 18.4 Å². The van der Waals surface area contributed by atoms with Gasteiger partial charge in [0.2, 0.25) is 0 Å². The molecule has 0 aliphatic heterocycles. The smallest absolute Gasteiger partial charge is 2.00 e. The Labute approximate surface area is 53.8 Å². The zero-order valence-corrected chi connectivity index (χ0v) is 8.22. The Morgan fingerprint density at radius 2 is 1.00 bits per heavy atom. The van der Waals surface area contributed by atoms with Crippen molar-refractivity contribution >= 4 is 15.7 Å². The van der Waals surface area contributed by atoms with Gasteiger partial charge in [0.15, 0.2) is 0 Å². The van der Waals surface area contributed by atoms with Crippen LogP contribution in [-0.2, 0) is 19.5 Å². The van der Waals surface area contributed by atoms with Gasteiger partial charge in [-0.05, 0) is 0 Å². The maximum atomic E-state index is 8.56. The zero-order chi connectivity index (χ0) is 3.58. The molecule has 0 aliphatic rings. The molecule has 6 heteroatoms. The molecule has 0 aromatic rings. The number of rotatable bonds is 0. The summed E-state index contributed by atoms with van der Waals surface area (Å²) in [5.41, 5.74) is 0. The van der Waals surface area contributed by atoms with Gasteiger partial charge in [-0.3, -0.25) is 0 Å². The molecule has 0 atom stereocenters. The maximum absolute atomic E-state index is 8.56. The molecule has 0 bridgehead atoms. The van der Waals surface area contributed by atoms with Gasteiger partial charge in [0.1, 0.15) is 0 Å². The second-order valence-electron chi connectivity index (χ2n) is 0.224. The summed E-state index contributed by atoms with van der Waals surface area (Å²) in [6.07, 6.45) is 0. The molecule has 34 valence electrons. The Balaban J connectivity index is -0.0000000450. The topological polar surface area (TPSA) is 106 Å². The summed E-state index contributed by atoms with van der Waals surface area (Å²) in [6.45, 7) is 0. The summed E-state index contributed by atoms with van der Waals surface area (Å²) in [5.74, 6) is 0. The molecule has 0 aromatic carbocycles. The van der Waals surface area contributed by atoms with E-state index in [4.69, 9.17) is 12.3 Å². The molecule has 0 aromatic heterocycles. The van der Waals surface area contributed by atoms with Gasteiger partial charge in [-0.2, -0.15) is 0 Å².